The fraction of sp³-hybridized carbons (Fsp3) is 0.625. The second-order valence-electron chi connectivity index (χ2n) is 11.9. The van der Waals surface area contributed by atoms with Gasteiger partial charge in [0.2, 0.25) is 0 Å². The SMILES string of the molecule is Cc1c(C)c(C)c2c(c1C)CP(C)CCP(C)Cc1c(C)c(C)c(C)c(C)c1CP(C)CCP(C)C2. The van der Waals surface area contributed by atoms with Crippen LogP contribution >= 0.6 is 31.7 Å². The van der Waals surface area contributed by atoms with Gasteiger partial charge in [-0.05, 0) is 198 Å². The molecule has 0 nitrogen and oxygen atoms in total. The van der Waals surface area contributed by atoms with Crippen molar-refractivity contribution >= 4 is 31.7 Å². The third-order valence-electron chi connectivity index (χ3n) is 9.35. The molecule has 0 N–H and O–H groups in total. The fourth-order valence-electron chi connectivity index (χ4n) is 5.87. The summed E-state index contributed by atoms with van der Waals surface area (Å²) in [5, 5.41) is 0. The van der Waals surface area contributed by atoms with Crippen LogP contribution in [0.25, 0.3) is 0 Å². The average molecular weight is 561 g/mol. The number of benzene rings is 2. The summed E-state index contributed by atoms with van der Waals surface area (Å²) in [6, 6.07) is 0. The van der Waals surface area contributed by atoms with Crippen LogP contribution in [-0.2, 0) is 24.6 Å². The van der Waals surface area contributed by atoms with Gasteiger partial charge in [0.15, 0.2) is 0 Å². The van der Waals surface area contributed by atoms with Crippen molar-refractivity contribution in [2.45, 2.75) is 80.0 Å². The Hall–Kier alpha value is 0.160. The second-order valence-corrected chi connectivity index (χ2v) is 21.8. The molecule has 1 aliphatic rings. The van der Waals surface area contributed by atoms with Crippen molar-refractivity contribution in [1.29, 1.82) is 0 Å². The van der Waals surface area contributed by atoms with Gasteiger partial charge in [0.25, 0.3) is 0 Å². The Balaban J connectivity index is 2.01. The molecule has 1 heterocycles. The van der Waals surface area contributed by atoms with Crippen LogP contribution in [0.1, 0.15) is 66.8 Å². The molecule has 4 atom stereocenters. The highest BCUT2D eigenvalue weighted by Crippen LogP contribution is 2.50. The van der Waals surface area contributed by atoms with Crippen LogP contribution in [0.2, 0.25) is 0 Å². The second kappa shape index (κ2) is 13.0. The lowest BCUT2D eigenvalue weighted by molar-refractivity contribution is 1.09. The minimum Gasteiger partial charge on any atom is -0.105 e. The standard InChI is InChI=1S/C32H52P4/c1-21-22(2)26(6)30-18-34(10)15-16-36(12)20-32-28(8)24(4)23(3)27(7)31(32)19-35(11)14-13-33(9)17-29(30)25(21)5/h13-20H2,1-12H3. The van der Waals surface area contributed by atoms with Crippen molar-refractivity contribution in [3.05, 3.63) is 66.8 Å². The Morgan fingerprint density at radius 1 is 0.306 bits per heavy atom. The first kappa shape index (κ1) is 30.7. The number of fused-ring (bicyclic) bond motifs is 2. The van der Waals surface area contributed by atoms with Crippen LogP contribution < -0.4 is 0 Å². The summed E-state index contributed by atoms with van der Waals surface area (Å²) in [4.78, 5) is 0. The van der Waals surface area contributed by atoms with Gasteiger partial charge in [0.1, 0.15) is 0 Å². The first-order valence-electron chi connectivity index (χ1n) is 13.7. The Bertz CT molecular complexity index is 927. The van der Waals surface area contributed by atoms with E-state index >= 15 is 0 Å². The maximum absolute atomic E-state index is 2.59. The largest absolute Gasteiger partial charge is 0.105 e. The highest BCUT2D eigenvalue weighted by atomic mass is 31.1. The summed E-state index contributed by atoms with van der Waals surface area (Å²) in [7, 11) is 0.147. The van der Waals surface area contributed by atoms with Gasteiger partial charge >= 0.3 is 0 Å². The summed E-state index contributed by atoms with van der Waals surface area (Å²) in [6.45, 7) is 29.5. The summed E-state index contributed by atoms with van der Waals surface area (Å²) in [5.74, 6) is 0. The maximum atomic E-state index is 2.59. The lowest BCUT2D eigenvalue weighted by atomic mass is 9.90. The molecule has 0 saturated carbocycles. The van der Waals surface area contributed by atoms with Crippen molar-refractivity contribution in [1.82, 2.24) is 0 Å². The molecule has 4 unspecified atom stereocenters. The Morgan fingerprint density at radius 2 is 0.472 bits per heavy atom. The highest BCUT2D eigenvalue weighted by Gasteiger charge is 2.22. The van der Waals surface area contributed by atoms with Crippen molar-refractivity contribution in [2.24, 2.45) is 0 Å². The summed E-state index contributed by atoms with van der Waals surface area (Å²) >= 11 is 0. The summed E-state index contributed by atoms with van der Waals surface area (Å²) < 4.78 is 0. The van der Waals surface area contributed by atoms with Crippen LogP contribution in [0.3, 0.4) is 0 Å². The smallest absolute Gasteiger partial charge is 0.00698 e. The van der Waals surface area contributed by atoms with Crippen LogP contribution in [-0.4, -0.2) is 51.3 Å². The van der Waals surface area contributed by atoms with Gasteiger partial charge in [-0.25, -0.2) is 0 Å². The molecular weight excluding hydrogens is 508 g/mol. The zero-order valence-electron chi connectivity index (χ0n) is 25.4. The molecular formula is C32H52P4. The van der Waals surface area contributed by atoms with Crippen LogP contribution in [0.5, 0.6) is 0 Å². The average Bonchev–Trinajstić information content (AvgIpc) is 2.84. The fourth-order valence-corrected chi connectivity index (χ4v) is 15.8. The zero-order valence-corrected chi connectivity index (χ0v) is 29.0. The van der Waals surface area contributed by atoms with Crippen molar-refractivity contribution in [2.75, 3.05) is 51.3 Å². The zero-order chi connectivity index (χ0) is 26.9. The molecule has 0 aromatic heterocycles. The molecule has 36 heavy (non-hydrogen) atoms. The van der Waals surface area contributed by atoms with Crippen LogP contribution in [0, 0.1) is 55.4 Å². The predicted octanol–water partition coefficient (Wildman–Crippen LogP) is 10.3. The van der Waals surface area contributed by atoms with E-state index in [0.717, 1.165) is 0 Å². The molecule has 0 fully saturated rings. The molecule has 0 bridgehead atoms. The van der Waals surface area contributed by atoms with Crippen LogP contribution in [0.4, 0.5) is 0 Å². The van der Waals surface area contributed by atoms with Gasteiger partial charge in [-0.1, -0.05) is 0 Å². The molecule has 4 heteroatoms. The van der Waals surface area contributed by atoms with E-state index < -0.39 is 0 Å². The third-order valence-corrected chi connectivity index (χ3v) is 17.4. The lowest BCUT2D eigenvalue weighted by Gasteiger charge is -2.28. The molecule has 0 spiro atoms. The number of hydrogen-bond donors (Lipinski definition) is 0. The molecule has 0 radical (unpaired) electrons. The van der Waals surface area contributed by atoms with Gasteiger partial charge < -0.3 is 0 Å². The molecule has 0 aliphatic carbocycles. The van der Waals surface area contributed by atoms with E-state index in [1.165, 1.54) is 49.3 Å². The normalized spacial score (nSPS) is 24.3. The van der Waals surface area contributed by atoms with E-state index in [4.69, 9.17) is 0 Å². The molecule has 2 aromatic carbocycles. The van der Waals surface area contributed by atoms with Gasteiger partial charge in [-0.2, -0.15) is 0 Å². The van der Waals surface area contributed by atoms with Crippen molar-refractivity contribution < 1.29 is 0 Å². The summed E-state index contributed by atoms with van der Waals surface area (Å²) in [6.07, 6.45) is 11.1. The molecule has 2 aromatic rings. The molecule has 1 aliphatic heterocycles. The van der Waals surface area contributed by atoms with E-state index in [9.17, 15) is 0 Å². The maximum Gasteiger partial charge on any atom is -0.00698 e. The minimum atomic E-state index is 0.0368. The van der Waals surface area contributed by atoms with Gasteiger partial charge in [0.05, 0.1) is 0 Å². The first-order chi connectivity index (χ1) is 16.8. The molecule has 3 rings (SSSR count). The Kier molecular flexibility index (Phi) is 11.1. The minimum absolute atomic E-state index is 0.0368. The Morgan fingerprint density at radius 3 is 0.639 bits per heavy atom. The molecule has 200 valence electrons. The predicted molar refractivity (Wildman–Crippen MR) is 176 cm³/mol. The topological polar surface area (TPSA) is 0 Å². The van der Waals surface area contributed by atoms with Crippen LogP contribution in [0.15, 0.2) is 0 Å². The molecule has 0 amide bonds. The summed E-state index contributed by atoms with van der Waals surface area (Å²) in [5.41, 5.74) is 19.6. The van der Waals surface area contributed by atoms with Crippen molar-refractivity contribution in [3.8, 4) is 0 Å². The third kappa shape index (κ3) is 6.83. The van der Waals surface area contributed by atoms with E-state index in [2.05, 4.69) is 82.0 Å². The van der Waals surface area contributed by atoms with E-state index in [1.54, 1.807) is 66.8 Å². The van der Waals surface area contributed by atoms with E-state index in [0.29, 0.717) is 0 Å². The highest BCUT2D eigenvalue weighted by molar-refractivity contribution is 7.60. The van der Waals surface area contributed by atoms with Gasteiger partial charge in [0, 0.05) is 0 Å². The molecule has 0 saturated heterocycles. The monoisotopic (exact) mass is 560 g/mol. The van der Waals surface area contributed by atoms with E-state index in [1.807, 2.05) is 0 Å². The van der Waals surface area contributed by atoms with Crippen molar-refractivity contribution in [3.63, 3.8) is 0 Å². The van der Waals surface area contributed by atoms with Gasteiger partial charge in [-0.3, -0.25) is 0 Å². The quantitative estimate of drug-likeness (QED) is 0.281. The number of rotatable bonds is 0. The lowest BCUT2D eigenvalue weighted by Crippen LogP contribution is -2.09. The number of hydrogen-bond acceptors (Lipinski definition) is 0. The first-order valence-corrected chi connectivity index (χ1v) is 22.4. The Labute approximate surface area is 229 Å². The van der Waals surface area contributed by atoms with E-state index in [-0.39, 0.29) is 31.7 Å². The van der Waals surface area contributed by atoms with Gasteiger partial charge in [-0.15, -0.1) is 31.7 Å².